The molecule has 2 N–H and O–H groups in total. The van der Waals surface area contributed by atoms with E-state index in [1.165, 1.54) is 6.07 Å². The molecule has 1 amide bonds. The third-order valence-electron chi connectivity index (χ3n) is 5.75. The maximum absolute atomic E-state index is 13.5. The summed E-state index contributed by atoms with van der Waals surface area (Å²) in [6.07, 6.45) is 0. The van der Waals surface area contributed by atoms with Crippen molar-refractivity contribution in [3.63, 3.8) is 0 Å². The van der Waals surface area contributed by atoms with Gasteiger partial charge in [-0.3, -0.25) is 9.89 Å². The van der Waals surface area contributed by atoms with E-state index < -0.39 is 6.04 Å². The van der Waals surface area contributed by atoms with E-state index in [1.807, 2.05) is 48.5 Å². The van der Waals surface area contributed by atoms with E-state index in [1.54, 1.807) is 24.1 Å². The van der Waals surface area contributed by atoms with Gasteiger partial charge in [0, 0.05) is 27.2 Å². The van der Waals surface area contributed by atoms with Gasteiger partial charge in [0.25, 0.3) is 5.91 Å². The van der Waals surface area contributed by atoms with Crippen LogP contribution >= 0.6 is 27.5 Å². The van der Waals surface area contributed by atoms with Crippen molar-refractivity contribution in [3.05, 3.63) is 98.6 Å². The first-order valence-corrected chi connectivity index (χ1v) is 11.4. The third-order valence-corrected chi connectivity index (χ3v) is 6.48. The number of nitrogens with one attached hydrogen (secondary N) is 1. The van der Waals surface area contributed by atoms with Crippen molar-refractivity contribution < 1.29 is 14.6 Å². The van der Waals surface area contributed by atoms with Crippen molar-refractivity contribution >= 4 is 33.4 Å². The van der Waals surface area contributed by atoms with Crippen molar-refractivity contribution in [2.45, 2.75) is 12.6 Å². The molecule has 0 radical (unpaired) electrons. The van der Waals surface area contributed by atoms with E-state index in [-0.39, 0.29) is 11.7 Å². The largest absolute Gasteiger partial charge is 0.507 e. The zero-order valence-electron chi connectivity index (χ0n) is 17.5. The number of phenolic OH excluding ortho intramolecular Hbond substituents is 1. The standard InChI is InChI=1S/C25H19BrClN3O3/c1-33-18-8-5-14(6-9-18)13-30-24(15-3-2-4-16(26)11-15)21-22(28-29-23(21)25(30)32)19-12-17(27)7-10-20(19)31/h2-12,24,31H,13H2,1H3,(H,28,29). The summed E-state index contributed by atoms with van der Waals surface area (Å²) in [6.45, 7) is 0.392. The van der Waals surface area contributed by atoms with Crippen molar-refractivity contribution in [3.8, 4) is 22.8 Å². The van der Waals surface area contributed by atoms with E-state index in [9.17, 15) is 9.90 Å². The number of amides is 1. The summed E-state index contributed by atoms with van der Waals surface area (Å²) in [6, 6.07) is 19.9. The molecule has 1 aliphatic heterocycles. The van der Waals surface area contributed by atoms with Gasteiger partial charge in [0.2, 0.25) is 0 Å². The van der Waals surface area contributed by atoms with Crippen LogP contribution in [0.3, 0.4) is 0 Å². The Kier molecular flexibility index (Phi) is 5.60. The SMILES string of the molecule is COc1ccc(CN2C(=O)c3[nH]nc(-c4cc(Cl)ccc4O)c3C2c2cccc(Br)c2)cc1. The van der Waals surface area contributed by atoms with Gasteiger partial charge in [-0.2, -0.15) is 5.10 Å². The lowest BCUT2D eigenvalue weighted by Gasteiger charge is -2.27. The van der Waals surface area contributed by atoms with Crippen LogP contribution in [0.1, 0.15) is 33.2 Å². The average Bonchev–Trinajstić information content (AvgIpc) is 3.35. The molecule has 1 atom stereocenters. The second-order valence-electron chi connectivity index (χ2n) is 7.76. The monoisotopic (exact) mass is 523 g/mol. The summed E-state index contributed by atoms with van der Waals surface area (Å²) in [4.78, 5) is 15.3. The molecule has 5 rings (SSSR count). The minimum Gasteiger partial charge on any atom is -0.507 e. The van der Waals surface area contributed by atoms with Gasteiger partial charge in [0.15, 0.2) is 0 Å². The van der Waals surface area contributed by atoms with Gasteiger partial charge in [-0.1, -0.05) is 51.8 Å². The predicted molar refractivity (Wildman–Crippen MR) is 130 cm³/mol. The van der Waals surface area contributed by atoms with Gasteiger partial charge in [-0.05, 0) is 53.6 Å². The van der Waals surface area contributed by atoms with Crippen LogP contribution in [-0.4, -0.2) is 33.2 Å². The summed E-state index contributed by atoms with van der Waals surface area (Å²) >= 11 is 9.75. The fraction of sp³-hybridized carbons (Fsp3) is 0.120. The number of methoxy groups -OCH3 is 1. The highest BCUT2D eigenvalue weighted by molar-refractivity contribution is 9.10. The number of aromatic nitrogens is 2. The second-order valence-corrected chi connectivity index (χ2v) is 9.11. The molecule has 4 aromatic rings. The summed E-state index contributed by atoms with van der Waals surface area (Å²) in [5.41, 5.74) is 3.98. The first kappa shape index (κ1) is 21.6. The van der Waals surface area contributed by atoms with Crippen LogP contribution < -0.4 is 4.74 Å². The molecule has 166 valence electrons. The predicted octanol–water partition coefficient (Wildman–Crippen LogP) is 5.95. The Labute approximate surface area is 203 Å². The molecule has 0 aliphatic carbocycles. The van der Waals surface area contributed by atoms with Gasteiger partial charge in [0.1, 0.15) is 22.9 Å². The molecule has 1 unspecified atom stereocenters. The van der Waals surface area contributed by atoms with Gasteiger partial charge in [-0.25, -0.2) is 0 Å². The Bertz CT molecular complexity index is 1350. The number of halogens is 2. The first-order valence-electron chi connectivity index (χ1n) is 10.2. The van der Waals surface area contributed by atoms with Crippen molar-refractivity contribution in [1.82, 2.24) is 15.1 Å². The zero-order chi connectivity index (χ0) is 23.1. The van der Waals surface area contributed by atoms with Gasteiger partial charge in [0.05, 0.1) is 13.2 Å². The van der Waals surface area contributed by atoms with E-state index in [0.717, 1.165) is 21.3 Å². The summed E-state index contributed by atoms with van der Waals surface area (Å²) in [5.74, 6) is 0.636. The van der Waals surface area contributed by atoms with Gasteiger partial charge < -0.3 is 14.7 Å². The molecule has 0 fully saturated rings. The quantitative estimate of drug-likeness (QED) is 0.338. The molecule has 0 saturated carbocycles. The van der Waals surface area contributed by atoms with Gasteiger partial charge >= 0.3 is 0 Å². The summed E-state index contributed by atoms with van der Waals surface area (Å²) < 4.78 is 6.16. The number of fused-ring (bicyclic) bond motifs is 1. The molecule has 0 saturated heterocycles. The molecule has 0 spiro atoms. The summed E-state index contributed by atoms with van der Waals surface area (Å²) in [7, 11) is 1.62. The molecule has 33 heavy (non-hydrogen) atoms. The molecule has 6 nitrogen and oxygen atoms in total. The molecule has 1 aromatic heterocycles. The average molecular weight is 525 g/mol. The number of hydrogen-bond acceptors (Lipinski definition) is 4. The molecule has 3 aromatic carbocycles. The first-order chi connectivity index (χ1) is 16.0. The number of ether oxygens (including phenoxy) is 1. The number of phenols is 1. The minimum atomic E-state index is -0.403. The molecule has 1 aliphatic rings. The lowest BCUT2D eigenvalue weighted by molar-refractivity contribution is 0.0730. The summed E-state index contributed by atoms with van der Waals surface area (Å²) in [5, 5.41) is 18.3. The molecular formula is C25H19BrClN3O3. The van der Waals surface area contributed by atoms with E-state index in [4.69, 9.17) is 16.3 Å². The number of rotatable bonds is 5. The van der Waals surface area contributed by atoms with Crippen LogP contribution in [0.25, 0.3) is 11.3 Å². The Hall–Kier alpha value is -3.29. The molecule has 8 heteroatoms. The second kappa shape index (κ2) is 8.57. The fourth-order valence-electron chi connectivity index (χ4n) is 4.21. The van der Waals surface area contributed by atoms with Crippen LogP contribution in [0, 0.1) is 0 Å². The number of aromatic hydroxyl groups is 1. The maximum atomic E-state index is 13.5. The molecule has 0 bridgehead atoms. The van der Waals surface area contributed by atoms with Crippen LogP contribution in [0.5, 0.6) is 11.5 Å². The topological polar surface area (TPSA) is 78.5 Å². The Morgan fingerprint density at radius 3 is 2.67 bits per heavy atom. The fourth-order valence-corrected chi connectivity index (χ4v) is 4.80. The zero-order valence-corrected chi connectivity index (χ0v) is 19.9. The van der Waals surface area contributed by atoms with Crippen molar-refractivity contribution in [2.75, 3.05) is 7.11 Å². The number of carbonyl (C=O) groups is 1. The Balaban J connectivity index is 1.65. The normalized spacial score (nSPS) is 15.1. The Morgan fingerprint density at radius 1 is 1.15 bits per heavy atom. The number of carbonyl (C=O) groups excluding carboxylic acids is 1. The van der Waals surface area contributed by atoms with Gasteiger partial charge in [-0.15, -0.1) is 0 Å². The molecular weight excluding hydrogens is 506 g/mol. The van der Waals surface area contributed by atoms with E-state index in [0.29, 0.717) is 34.1 Å². The minimum absolute atomic E-state index is 0.0442. The maximum Gasteiger partial charge on any atom is 0.273 e. The van der Waals surface area contributed by atoms with Crippen LogP contribution in [-0.2, 0) is 6.54 Å². The number of H-pyrrole nitrogens is 1. The van der Waals surface area contributed by atoms with Crippen LogP contribution in [0.4, 0.5) is 0 Å². The number of aromatic amines is 1. The van der Waals surface area contributed by atoms with Crippen molar-refractivity contribution in [2.24, 2.45) is 0 Å². The third kappa shape index (κ3) is 3.87. The van der Waals surface area contributed by atoms with Crippen LogP contribution in [0.2, 0.25) is 5.02 Å². The highest BCUT2D eigenvalue weighted by Gasteiger charge is 2.42. The van der Waals surface area contributed by atoms with E-state index >= 15 is 0 Å². The van der Waals surface area contributed by atoms with Crippen molar-refractivity contribution in [1.29, 1.82) is 0 Å². The highest BCUT2D eigenvalue weighted by Crippen LogP contribution is 2.45. The number of benzene rings is 3. The molecule has 2 heterocycles. The number of hydrogen-bond donors (Lipinski definition) is 2. The van der Waals surface area contributed by atoms with E-state index in [2.05, 4.69) is 26.1 Å². The van der Waals surface area contributed by atoms with Crippen LogP contribution in [0.15, 0.2) is 71.2 Å². The highest BCUT2D eigenvalue weighted by atomic mass is 79.9. The lowest BCUT2D eigenvalue weighted by Crippen LogP contribution is -2.29. The smallest absolute Gasteiger partial charge is 0.273 e. The Morgan fingerprint density at radius 2 is 1.94 bits per heavy atom. The lowest BCUT2D eigenvalue weighted by atomic mass is 9.95. The number of nitrogens with zero attached hydrogens (tertiary/aromatic N) is 2.